The van der Waals surface area contributed by atoms with E-state index in [4.69, 9.17) is 11.8 Å². The Morgan fingerprint density at radius 3 is 1.20 bits per heavy atom. The number of rotatable bonds is 0. The van der Waals surface area contributed by atoms with Crippen LogP contribution < -0.4 is 0 Å². The first-order valence-corrected chi connectivity index (χ1v) is 1.72. The van der Waals surface area contributed by atoms with E-state index in [1.54, 1.807) is 0 Å². The molecule has 1 saturated carbocycles. The van der Waals surface area contributed by atoms with Crippen LogP contribution in [-0.4, -0.2) is 0 Å². The molecule has 0 spiro atoms. The van der Waals surface area contributed by atoms with E-state index in [9.17, 15) is 0 Å². The van der Waals surface area contributed by atoms with Crippen LogP contribution in [0.2, 0.25) is 0 Å². The Labute approximate surface area is 32.2 Å². The summed E-state index contributed by atoms with van der Waals surface area (Å²) in [7, 11) is 0. The first kappa shape index (κ1) is 4.49. The molecular formula is C4H6N-. The standard InChI is InChI=1S/C3H6.CN/c1-2-3-1;1-2/h1-3H2;/q;-1. The molecule has 0 atom stereocenters. The molecule has 1 aliphatic carbocycles. The molecule has 0 amide bonds. The van der Waals surface area contributed by atoms with Gasteiger partial charge in [0.2, 0.25) is 0 Å². The van der Waals surface area contributed by atoms with Crippen LogP contribution in [0, 0.1) is 11.8 Å². The topological polar surface area (TPSA) is 23.8 Å². The molecule has 0 aromatic rings. The Balaban J connectivity index is 0.0000000733. The summed E-state index contributed by atoms with van der Waals surface area (Å²) >= 11 is 0. The van der Waals surface area contributed by atoms with E-state index in [-0.39, 0.29) is 0 Å². The molecule has 0 radical (unpaired) electrons. The number of nitrogens with zero attached hydrogens (tertiary/aromatic N) is 1. The highest BCUT2D eigenvalue weighted by Gasteiger charge is 1.95. The van der Waals surface area contributed by atoms with Gasteiger partial charge >= 0.3 is 0 Å². The molecule has 1 fully saturated rings. The Morgan fingerprint density at radius 1 is 1.00 bits per heavy atom. The predicted octanol–water partition coefficient (Wildman–Crippen LogP) is 1.27. The van der Waals surface area contributed by atoms with E-state index in [1.807, 2.05) is 0 Å². The third-order valence-corrected chi connectivity index (χ3v) is 0.354. The van der Waals surface area contributed by atoms with Crippen LogP contribution in [0.15, 0.2) is 0 Å². The third-order valence-electron chi connectivity index (χ3n) is 0.354. The van der Waals surface area contributed by atoms with Crippen molar-refractivity contribution >= 4 is 0 Å². The summed E-state index contributed by atoms with van der Waals surface area (Å²) in [5.41, 5.74) is 0. The van der Waals surface area contributed by atoms with Gasteiger partial charge in [0.1, 0.15) is 0 Å². The third kappa shape index (κ3) is 32.3. The van der Waals surface area contributed by atoms with E-state index in [1.165, 1.54) is 19.3 Å². The first-order chi connectivity index (χ1) is 2.50. The second-order valence-electron chi connectivity index (χ2n) is 1.06. The first-order valence-electron chi connectivity index (χ1n) is 1.72. The van der Waals surface area contributed by atoms with Gasteiger partial charge in [-0.05, 0) is 0 Å². The van der Waals surface area contributed by atoms with Crippen molar-refractivity contribution < 1.29 is 0 Å². The van der Waals surface area contributed by atoms with Crippen molar-refractivity contribution in [2.24, 2.45) is 0 Å². The molecule has 1 rings (SSSR count). The fourth-order valence-corrected chi connectivity index (χ4v) is 0. The highest BCUT2D eigenvalue weighted by atomic mass is 14.2. The summed E-state index contributed by atoms with van der Waals surface area (Å²) in [6.45, 7) is 4.75. The lowest BCUT2D eigenvalue weighted by molar-refractivity contribution is 1.50. The van der Waals surface area contributed by atoms with Gasteiger partial charge in [-0.15, -0.1) is 0 Å². The minimum absolute atomic E-state index is 1.50. The lowest BCUT2D eigenvalue weighted by atomic mass is 11.0. The number of hydrogen-bond donors (Lipinski definition) is 0. The lowest BCUT2D eigenvalue weighted by Crippen LogP contribution is -0.856. The maximum Gasteiger partial charge on any atom is -0.0533 e. The summed E-state index contributed by atoms with van der Waals surface area (Å²) in [5.74, 6) is 0. The molecule has 0 aromatic carbocycles. The fraction of sp³-hybridized carbons (Fsp3) is 0.750. The van der Waals surface area contributed by atoms with Crippen molar-refractivity contribution in [3.8, 4) is 0 Å². The molecular weight excluding hydrogens is 62.1 g/mol. The van der Waals surface area contributed by atoms with Crippen LogP contribution in [0.5, 0.6) is 0 Å². The van der Waals surface area contributed by atoms with Crippen LogP contribution in [0.1, 0.15) is 19.3 Å². The molecule has 0 unspecified atom stereocenters. The molecule has 0 aliphatic heterocycles. The maximum absolute atomic E-state index is 6.25. The molecule has 1 aliphatic rings. The molecule has 0 saturated heterocycles. The van der Waals surface area contributed by atoms with Gasteiger partial charge in [0, 0.05) is 0 Å². The molecule has 0 N–H and O–H groups in total. The van der Waals surface area contributed by atoms with Gasteiger partial charge in [-0.25, -0.2) is 0 Å². The van der Waals surface area contributed by atoms with Gasteiger partial charge in [-0.1, -0.05) is 19.3 Å². The normalized spacial score (nSPS) is 14.8. The van der Waals surface area contributed by atoms with Crippen molar-refractivity contribution in [3.63, 3.8) is 0 Å². The Bertz CT molecular complexity index is 25.1. The lowest BCUT2D eigenvalue weighted by Gasteiger charge is -1.08. The van der Waals surface area contributed by atoms with E-state index in [0.717, 1.165) is 0 Å². The van der Waals surface area contributed by atoms with Gasteiger partial charge < -0.3 is 11.8 Å². The van der Waals surface area contributed by atoms with E-state index < -0.39 is 0 Å². The summed E-state index contributed by atoms with van der Waals surface area (Å²) in [5, 5.41) is 6.25. The van der Waals surface area contributed by atoms with Crippen LogP contribution in [0.4, 0.5) is 0 Å². The van der Waals surface area contributed by atoms with Gasteiger partial charge in [-0.2, -0.15) is 0 Å². The average Bonchev–Trinajstić information content (AvgIpc) is 2.19. The Hall–Kier alpha value is -0.510. The predicted molar refractivity (Wildman–Crippen MR) is 18.8 cm³/mol. The minimum atomic E-state index is 1.50. The zero-order valence-electron chi connectivity index (χ0n) is 3.07. The fourth-order valence-electron chi connectivity index (χ4n) is 0. The van der Waals surface area contributed by atoms with Crippen LogP contribution in [-0.2, 0) is 0 Å². The van der Waals surface area contributed by atoms with E-state index >= 15 is 0 Å². The molecule has 0 bridgehead atoms. The SMILES string of the molecule is C1CC1.[C-]#N. The Kier molecular flexibility index (Phi) is 3.13. The highest BCUT2D eigenvalue weighted by Crippen LogP contribution is 2.14. The van der Waals surface area contributed by atoms with Crippen LogP contribution in [0.3, 0.4) is 0 Å². The highest BCUT2D eigenvalue weighted by molar-refractivity contribution is 4.50. The van der Waals surface area contributed by atoms with Crippen molar-refractivity contribution in [2.45, 2.75) is 19.3 Å². The molecule has 1 nitrogen and oxygen atoms in total. The maximum atomic E-state index is 6.25. The van der Waals surface area contributed by atoms with Crippen molar-refractivity contribution in [1.82, 2.24) is 0 Å². The summed E-state index contributed by atoms with van der Waals surface area (Å²) in [6.07, 6.45) is 4.50. The summed E-state index contributed by atoms with van der Waals surface area (Å²) < 4.78 is 0. The smallest absolute Gasteiger partial charge is 0.0533 e. The van der Waals surface area contributed by atoms with Crippen molar-refractivity contribution in [1.29, 1.82) is 5.26 Å². The van der Waals surface area contributed by atoms with Crippen LogP contribution in [0.25, 0.3) is 0 Å². The molecule has 1 heteroatoms. The van der Waals surface area contributed by atoms with E-state index in [2.05, 4.69) is 0 Å². The Morgan fingerprint density at radius 2 is 1.20 bits per heavy atom. The van der Waals surface area contributed by atoms with Gasteiger partial charge in [0.25, 0.3) is 0 Å². The van der Waals surface area contributed by atoms with Gasteiger partial charge in [0.15, 0.2) is 0 Å². The zero-order valence-corrected chi connectivity index (χ0v) is 3.07. The average molecular weight is 68.1 g/mol. The number of hydrogen-bond acceptors (Lipinski definition) is 1. The van der Waals surface area contributed by atoms with E-state index in [0.29, 0.717) is 0 Å². The largest absolute Gasteiger partial charge is 0.512 e. The zero-order chi connectivity index (χ0) is 4.12. The minimum Gasteiger partial charge on any atom is -0.512 e. The van der Waals surface area contributed by atoms with Crippen molar-refractivity contribution in [3.05, 3.63) is 6.57 Å². The second kappa shape index (κ2) is 3.49. The monoisotopic (exact) mass is 68.1 g/mol. The summed E-state index contributed by atoms with van der Waals surface area (Å²) in [4.78, 5) is 0. The molecule has 0 heterocycles. The molecule has 0 aromatic heterocycles. The van der Waals surface area contributed by atoms with Crippen LogP contribution >= 0.6 is 0 Å². The van der Waals surface area contributed by atoms with Gasteiger partial charge in [0.05, 0.1) is 0 Å². The quantitative estimate of drug-likeness (QED) is 0.392. The molecule has 5 heavy (non-hydrogen) atoms. The second-order valence-corrected chi connectivity index (χ2v) is 1.06. The van der Waals surface area contributed by atoms with Crippen molar-refractivity contribution in [2.75, 3.05) is 0 Å². The van der Waals surface area contributed by atoms with Gasteiger partial charge in [-0.3, -0.25) is 0 Å². The summed E-state index contributed by atoms with van der Waals surface area (Å²) in [6, 6.07) is 0. The molecule has 28 valence electrons.